The summed E-state index contributed by atoms with van der Waals surface area (Å²) in [5.41, 5.74) is 2.64. The topological polar surface area (TPSA) is 12.0 Å². The molecule has 0 fully saturated rings. The van der Waals surface area contributed by atoms with Crippen molar-refractivity contribution in [2.75, 3.05) is 7.05 Å². The minimum Gasteiger partial charge on any atom is -0.182 e. The van der Waals surface area contributed by atoms with Crippen molar-refractivity contribution >= 4 is 68.7 Å². The van der Waals surface area contributed by atoms with Crippen molar-refractivity contribution in [2.45, 2.75) is 0 Å². The monoisotopic (exact) mass is 652 g/mol. The first-order valence-corrected chi connectivity index (χ1v) is 19.6. The Hall–Kier alpha value is -4.90. The van der Waals surface area contributed by atoms with Crippen LogP contribution in [0.3, 0.4) is 0 Å². The first-order valence-electron chi connectivity index (χ1n) is 16.4. The lowest BCUT2D eigenvalue weighted by atomic mass is 9.93. The Labute approximate surface area is 285 Å². The fraction of sp³-hybridized carbons (Fsp3) is 0.0222. The van der Waals surface area contributed by atoms with E-state index in [-0.39, 0.29) is 0 Å². The molecule has 0 saturated heterocycles. The minimum absolute atomic E-state index is 0.888. The van der Waals surface area contributed by atoms with Crippen molar-refractivity contribution in [3.05, 3.63) is 194 Å². The van der Waals surface area contributed by atoms with Gasteiger partial charge in [-0.05, 0) is 75.7 Å². The first kappa shape index (κ1) is 30.4. The van der Waals surface area contributed by atoms with Gasteiger partial charge in [-0.15, -0.1) is 0 Å². The molecule has 0 aromatic heterocycles. The molecule has 0 amide bonds. The summed E-state index contributed by atoms with van der Waals surface area (Å²) in [5.74, 6) is 0. The van der Waals surface area contributed by atoms with Crippen LogP contribution in [0.5, 0.6) is 0 Å². The number of nitrogens with one attached hydrogen (secondary N) is 1. The van der Waals surface area contributed by atoms with Crippen LogP contribution in [0.25, 0.3) is 32.7 Å². The SMILES string of the molecule is CN[P+](c1ccccc1)(c1ccccc1)c1ccc2ccccc2c1-c1c(P(c2ccccc2)c2ccccc2)ccc2ccccc12. The lowest BCUT2D eigenvalue weighted by Crippen LogP contribution is -2.40. The van der Waals surface area contributed by atoms with Crippen LogP contribution in [0.2, 0.25) is 0 Å². The molecule has 1 N–H and O–H groups in total. The third kappa shape index (κ3) is 5.26. The second-order valence-electron chi connectivity index (χ2n) is 11.9. The molecule has 0 unspecified atom stereocenters. The van der Waals surface area contributed by atoms with Crippen molar-refractivity contribution in [1.29, 1.82) is 0 Å². The van der Waals surface area contributed by atoms with Gasteiger partial charge in [-0.25, -0.2) is 0 Å². The average molecular weight is 653 g/mol. The van der Waals surface area contributed by atoms with E-state index in [0.717, 1.165) is 0 Å². The van der Waals surface area contributed by atoms with Crippen LogP contribution in [0, 0.1) is 0 Å². The van der Waals surface area contributed by atoms with Gasteiger partial charge in [0.1, 0.15) is 15.9 Å². The van der Waals surface area contributed by atoms with Crippen LogP contribution >= 0.6 is 15.3 Å². The Balaban J connectivity index is 1.57. The molecule has 3 heteroatoms. The molecule has 0 aliphatic heterocycles. The fourth-order valence-corrected chi connectivity index (χ4v) is 13.4. The Kier molecular flexibility index (Phi) is 8.44. The second kappa shape index (κ2) is 13.3. The molecule has 230 valence electrons. The molecule has 0 radical (unpaired) electrons. The zero-order valence-corrected chi connectivity index (χ0v) is 28.7. The quantitative estimate of drug-likeness (QED) is 0.162. The molecule has 48 heavy (non-hydrogen) atoms. The summed E-state index contributed by atoms with van der Waals surface area (Å²) in [4.78, 5) is 0. The first-order chi connectivity index (χ1) is 23.8. The van der Waals surface area contributed by atoms with E-state index < -0.39 is 15.3 Å². The van der Waals surface area contributed by atoms with Gasteiger partial charge in [0, 0.05) is 18.2 Å². The van der Waals surface area contributed by atoms with Crippen molar-refractivity contribution in [3.63, 3.8) is 0 Å². The van der Waals surface area contributed by atoms with Crippen LogP contribution < -0.4 is 36.9 Å². The van der Waals surface area contributed by atoms with E-state index in [9.17, 15) is 0 Å². The van der Waals surface area contributed by atoms with Gasteiger partial charge < -0.3 is 0 Å². The van der Waals surface area contributed by atoms with E-state index in [1.807, 2.05) is 0 Å². The number of rotatable bonds is 8. The number of hydrogen-bond acceptors (Lipinski definition) is 1. The third-order valence-corrected chi connectivity index (χ3v) is 15.7. The summed E-state index contributed by atoms with van der Waals surface area (Å²) in [6, 6.07) is 71.7. The molecule has 8 aromatic carbocycles. The fourth-order valence-electron chi connectivity index (χ4n) is 7.20. The van der Waals surface area contributed by atoms with Crippen LogP contribution in [-0.2, 0) is 0 Å². The molecule has 0 bridgehead atoms. The lowest BCUT2D eigenvalue weighted by Gasteiger charge is -2.30. The predicted octanol–water partition coefficient (Wildman–Crippen LogP) is 8.85. The Morgan fingerprint density at radius 2 is 0.812 bits per heavy atom. The highest BCUT2D eigenvalue weighted by Crippen LogP contribution is 2.54. The molecule has 8 aromatic rings. The van der Waals surface area contributed by atoms with Crippen molar-refractivity contribution in [1.82, 2.24) is 5.09 Å². The second-order valence-corrected chi connectivity index (χ2v) is 17.4. The Morgan fingerprint density at radius 3 is 1.31 bits per heavy atom. The maximum atomic E-state index is 4.02. The standard InChI is InChI=1S/C45H36NP2/c1-46-48(38-24-10-4-11-25-38,39-26-12-5-13-27-39)43-33-31-35-19-15-17-29-41(35)45(43)44-40-28-16-14-18-34(40)30-32-42(44)47(36-20-6-2-7-21-36)37-22-8-3-9-23-37/h2-33,46H,1H3/q+1. The van der Waals surface area contributed by atoms with Crippen LogP contribution in [0.4, 0.5) is 0 Å². The summed E-state index contributed by atoms with van der Waals surface area (Å²) in [7, 11) is -1.09. The van der Waals surface area contributed by atoms with E-state index in [2.05, 4.69) is 206 Å². The van der Waals surface area contributed by atoms with Gasteiger partial charge >= 0.3 is 0 Å². The number of benzene rings is 8. The highest BCUT2D eigenvalue weighted by atomic mass is 31.2. The van der Waals surface area contributed by atoms with E-state index in [1.165, 1.54) is 64.5 Å². The van der Waals surface area contributed by atoms with Crippen LogP contribution in [-0.4, -0.2) is 7.05 Å². The Bertz CT molecular complexity index is 2240. The normalized spacial score (nSPS) is 11.7. The molecule has 0 aliphatic rings. The minimum atomic E-state index is -2.36. The third-order valence-electron chi connectivity index (χ3n) is 9.32. The lowest BCUT2D eigenvalue weighted by molar-refractivity contribution is 1.26. The number of hydrogen-bond donors (Lipinski definition) is 1. The molecule has 0 atom stereocenters. The molecular weight excluding hydrogens is 616 g/mol. The summed E-state index contributed by atoms with van der Waals surface area (Å²) >= 11 is 0. The molecule has 8 rings (SSSR count). The maximum absolute atomic E-state index is 4.02. The van der Waals surface area contributed by atoms with E-state index in [0.29, 0.717) is 0 Å². The van der Waals surface area contributed by atoms with Gasteiger partial charge in [0.05, 0.1) is 0 Å². The van der Waals surface area contributed by atoms with Crippen LogP contribution in [0.1, 0.15) is 0 Å². The van der Waals surface area contributed by atoms with Gasteiger partial charge in [-0.1, -0.05) is 164 Å². The smallest absolute Gasteiger partial charge is 0.178 e. The van der Waals surface area contributed by atoms with E-state index in [1.54, 1.807) is 0 Å². The van der Waals surface area contributed by atoms with Crippen LogP contribution in [0.15, 0.2) is 194 Å². The van der Waals surface area contributed by atoms with Gasteiger partial charge in [0.2, 0.25) is 0 Å². The zero-order valence-electron chi connectivity index (χ0n) is 26.9. The summed E-state index contributed by atoms with van der Waals surface area (Å²) < 4.78 is 0. The predicted molar refractivity (Wildman–Crippen MR) is 213 cm³/mol. The maximum Gasteiger partial charge on any atom is 0.178 e. The molecule has 0 heterocycles. The summed E-state index contributed by atoms with van der Waals surface area (Å²) in [5, 5.41) is 17.1. The molecule has 0 spiro atoms. The average Bonchev–Trinajstić information content (AvgIpc) is 3.17. The van der Waals surface area contributed by atoms with E-state index >= 15 is 0 Å². The molecule has 0 saturated carbocycles. The van der Waals surface area contributed by atoms with Crippen molar-refractivity contribution in [3.8, 4) is 11.1 Å². The van der Waals surface area contributed by atoms with Gasteiger partial charge in [0.25, 0.3) is 0 Å². The zero-order chi connectivity index (χ0) is 32.3. The van der Waals surface area contributed by atoms with Gasteiger partial charge in [-0.2, -0.15) is 5.09 Å². The van der Waals surface area contributed by atoms with Gasteiger partial charge in [0.15, 0.2) is 7.41 Å². The molecule has 0 aliphatic carbocycles. The highest BCUT2D eigenvalue weighted by Gasteiger charge is 2.47. The summed E-state index contributed by atoms with van der Waals surface area (Å²) in [6.07, 6.45) is 0. The molecular formula is C45H36NP2+. The number of fused-ring (bicyclic) bond motifs is 2. The largest absolute Gasteiger partial charge is 0.182 e. The highest BCUT2D eigenvalue weighted by molar-refractivity contribution is 7.94. The Morgan fingerprint density at radius 1 is 0.396 bits per heavy atom. The summed E-state index contributed by atoms with van der Waals surface area (Å²) in [6.45, 7) is 0. The van der Waals surface area contributed by atoms with Gasteiger partial charge in [-0.3, -0.25) is 0 Å². The molecule has 1 nitrogen and oxygen atoms in total. The van der Waals surface area contributed by atoms with E-state index in [4.69, 9.17) is 0 Å². The van der Waals surface area contributed by atoms with Crippen molar-refractivity contribution < 1.29 is 0 Å². The van der Waals surface area contributed by atoms with Crippen molar-refractivity contribution in [2.24, 2.45) is 0 Å².